The molecule has 1 amide bonds. The first-order valence-corrected chi connectivity index (χ1v) is 10.8. The van der Waals surface area contributed by atoms with Crippen LogP contribution in [0, 0.1) is 17.3 Å². The second kappa shape index (κ2) is 8.34. The van der Waals surface area contributed by atoms with Crippen LogP contribution >= 0.6 is 11.6 Å². The number of hydrogen-bond acceptors (Lipinski definition) is 4. The molecule has 1 heterocycles. The third-order valence-corrected chi connectivity index (χ3v) is 7.10. The van der Waals surface area contributed by atoms with Gasteiger partial charge >= 0.3 is 0 Å². The van der Waals surface area contributed by atoms with Gasteiger partial charge in [0.05, 0.1) is 0 Å². The molecule has 4 rings (SSSR count). The molecule has 28 heavy (non-hydrogen) atoms. The molecule has 0 saturated heterocycles. The quantitative estimate of drug-likeness (QED) is 0.785. The largest absolute Gasteiger partial charge is 0.334 e. The van der Waals surface area contributed by atoms with Crippen LogP contribution in [0.25, 0.3) is 0 Å². The third kappa shape index (κ3) is 4.15. The molecule has 1 unspecified atom stereocenters. The molecule has 3 aliphatic carbocycles. The van der Waals surface area contributed by atoms with Crippen molar-refractivity contribution in [1.82, 2.24) is 15.1 Å². The van der Waals surface area contributed by atoms with E-state index >= 15 is 0 Å². The van der Waals surface area contributed by atoms with Crippen LogP contribution in [0.1, 0.15) is 55.4 Å². The maximum absolute atomic E-state index is 13.1. The zero-order valence-corrected chi connectivity index (χ0v) is 17.0. The van der Waals surface area contributed by atoms with Crippen LogP contribution in [-0.2, 0) is 0 Å². The summed E-state index contributed by atoms with van der Waals surface area (Å²) in [4.78, 5) is 15.2. The van der Waals surface area contributed by atoms with Crippen LogP contribution in [0.2, 0.25) is 0 Å². The van der Waals surface area contributed by atoms with E-state index in [-0.39, 0.29) is 17.4 Å². The molecular weight excluding hydrogens is 372 g/mol. The van der Waals surface area contributed by atoms with Crippen LogP contribution < -0.4 is 5.73 Å². The van der Waals surface area contributed by atoms with Gasteiger partial charge in [-0.05, 0) is 87.0 Å². The molecule has 0 aromatic carbocycles. The van der Waals surface area contributed by atoms with E-state index in [1.54, 1.807) is 18.3 Å². The van der Waals surface area contributed by atoms with Gasteiger partial charge in [-0.25, -0.2) is 0 Å². The van der Waals surface area contributed by atoms with Crippen LogP contribution in [0.15, 0.2) is 41.6 Å². The molecule has 3 aliphatic rings. The smallest absolute Gasteiger partial charge is 0.274 e. The first kappa shape index (κ1) is 19.6. The Morgan fingerprint density at radius 2 is 2.07 bits per heavy atom. The predicted octanol–water partition coefficient (Wildman–Crippen LogP) is 3.92. The Hall–Kier alpha value is -1.72. The number of carbonyl (C=O) groups excluding carboxylic acids is 1. The summed E-state index contributed by atoms with van der Waals surface area (Å²) < 4.78 is 0. The van der Waals surface area contributed by atoms with Gasteiger partial charge in [-0.15, -0.1) is 5.10 Å². The van der Waals surface area contributed by atoms with E-state index in [0.717, 1.165) is 43.7 Å². The number of allylic oxidation sites excluding steroid dienone is 4. The maximum atomic E-state index is 13.1. The number of amides is 1. The summed E-state index contributed by atoms with van der Waals surface area (Å²) >= 11 is 6.31. The van der Waals surface area contributed by atoms with Gasteiger partial charge in [-0.1, -0.05) is 23.8 Å². The summed E-state index contributed by atoms with van der Waals surface area (Å²) in [5.74, 6) is 1.06. The van der Waals surface area contributed by atoms with Crippen molar-refractivity contribution in [3.63, 3.8) is 0 Å². The summed E-state index contributed by atoms with van der Waals surface area (Å²) in [6.45, 7) is 1.51. The minimum absolute atomic E-state index is 0.0220. The fourth-order valence-corrected chi connectivity index (χ4v) is 5.05. The number of halogens is 1. The van der Waals surface area contributed by atoms with Crippen molar-refractivity contribution in [3.05, 3.63) is 47.3 Å². The maximum Gasteiger partial charge on any atom is 0.274 e. The van der Waals surface area contributed by atoms with Gasteiger partial charge in [0.2, 0.25) is 0 Å². The second-order valence-electron chi connectivity index (χ2n) is 8.62. The number of rotatable bonds is 6. The van der Waals surface area contributed by atoms with Crippen LogP contribution in [-0.4, -0.2) is 40.1 Å². The molecule has 150 valence electrons. The lowest BCUT2D eigenvalue weighted by atomic mass is 9.63. The van der Waals surface area contributed by atoms with E-state index in [9.17, 15) is 4.79 Å². The van der Waals surface area contributed by atoms with Crippen LogP contribution in [0.5, 0.6) is 0 Å². The number of hydrogen-bond donors (Lipinski definition) is 1. The predicted molar refractivity (Wildman–Crippen MR) is 111 cm³/mol. The van der Waals surface area contributed by atoms with Crippen molar-refractivity contribution in [3.8, 4) is 0 Å². The molecule has 1 aromatic rings. The second-order valence-corrected chi connectivity index (χ2v) is 9.10. The zero-order chi connectivity index (χ0) is 19.6. The highest BCUT2D eigenvalue weighted by Crippen LogP contribution is 2.47. The Kier molecular flexibility index (Phi) is 5.83. The Morgan fingerprint density at radius 1 is 1.29 bits per heavy atom. The minimum Gasteiger partial charge on any atom is -0.334 e. The third-order valence-electron chi connectivity index (χ3n) is 6.82. The zero-order valence-electron chi connectivity index (χ0n) is 16.3. The first-order valence-electron chi connectivity index (χ1n) is 10.4. The molecule has 5 nitrogen and oxygen atoms in total. The van der Waals surface area contributed by atoms with Gasteiger partial charge in [0.1, 0.15) is 0 Å². The van der Waals surface area contributed by atoms with Crippen LogP contribution in [0.4, 0.5) is 0 Å². The van der Waals surface area contributed by atoms with E-state index in [4.69, 9.17) is 17.3 Å². The molecule has 0 aliphatic heterocycles. The summed E-state index contributed by atoms with van der Waals surface area (Å²) in [6, 6.07) is 3.81. The number of carbonyl (C=O) groups is 1. The van der Waals surface area contributed by atoms with Gasteiger partial charge in [-0.2, -0.15) is 5.10 Å². The number of nitrogens with two attached hydrogens (primary N) is 1. The van der Waals surface area contributed by atoms with Crippen molar-refractivity contribution in [2.75, 3.05) is 13.1 Å². The van der Waals surface area contributed by atoms with Crippen molar-refractivity contribution in [2.45, 2.75) is 51.0 Å². The van der Waals surface area contributed by atoms with Crippen molar-refractivity contribution >= 4 is 17.5 Å². The van der Waals surface area contributed by atoms with Crippen molar-refractivity contribution < 1.29 is 4.79 Å². The summed E-state index contributed by atoms with van der Waals surface area (Å²) in [5, 5.41) is 8.86. The lowest BCUT2D eigenvalue weighted by Crippen LogP contribution is -2.49. The van der Waals surface area contributed by atoms with E-state index in [2.05, 4.69) is 27.2 Å². The first-order chi connectivity index (χ1) is 13.6. The van der Waals surface area contributed by atoms with Crippen molar-refractivity contribution in [1.29, 1.82) is 0 Å². The normalized spacial score (nSPS) is 30.0. The Labute approximate surface area is 172 Å². The lowest BCUT2D eigenvalue weighted by molar-refractivity contribution is 0.0434. The molecule has 0 bridgehead atoms. The molecule has 1 aromatic heterocycles. The molecule has 2 fully saturated rings. The average molecular weight is 401 g/mol. The molecule has 0 radical (unpaired) electrons. The monoisotopic (exact) mass is 400 g/mol. The van der Waals surface area contributed by atoms with Gasteiger partial charge in [0.15, 0.2) is 5.69 Å². The summed E-state index contributed by atoms with van der Waals surface area (Å²) in [5.41, 5.74) is 6.82. The molecule has 0 spiro atoms. The molecule has 2 N–H and O–H groups in total. The number of nitrogens with zero attached hydrogens (tertiary/aromatic N) is 3. The summed E-state index contributed by atoms with van der Waals surface area (Å²) in [6.07, 6.45) is 15.3. The molecule has 2 saturated carbocycles. The van der Waals surface area contributed by atoms with Gasteiger partial charge in [0.25, 0.3) is 5.91 Å². The van der Waals surface area contributed by atoms with Crippen LogP contribution in [0.3, 0.4) is 0 Å². The Morgan fingerprint density at radius 3 is 2.68 bits per heavy atom. The van der Waals surface area contributed by atoms with E-state index in [1.807, 2.05) is 6.08 Å². The fraction of sp³-hybridized carbons (Fsp3) is 0.591. The minimum atomic E-state index is 0.0220. The number of aromatic nitrogens is 2. The van der Waals surface area contributed by atoms with Gasteiger partial charge in [0, 0.05) is 23.8 Å². The van der Waals surface area contributed by atoms with E-state index < -0.39 is 0 Å². The van der Waals surface area contributed by atoms with E-state index in [1.165, 1.54) is 12.8 Å². The molecular formula is C22H29ClN4O. The Bertz CT molecular complexity index is 751. The molecule has 6 heteroatoms. The topological polar surface area (TPSA) is 72.1 Å². The van der Waals surface area contributed by atoms with E-state index in [0.29, 0.717) is 24.1 Å². The lowest BCUT2D eigenvalue weighted by Gasteiger charge is -2.47. The average Bonchev–Trinajstić information content (AvgIpc) is 3.57. The Balaban J connectivity index is 1.47. The summed E-state index contributed by atoms with van der Waals surface area (Å²) in [7, 11) is 0. The van der Waals surface area contributed by atoms with Crippen molar-refractivity contribution in [2.24, 2.45) is 23.0 Å². The highest BCUT2D eigenvalue weighted by molar-refractivity contribution is 6.29. The van der Waals surface area contributed by atoms with Gasteiger partial charge in [-0.3, -0.25) is 4.79 Å². The SMILES string of the molecule is NC[C@]1(C2C=CC=C(Cl)C2)CC[C@@H](N(CC2CC2)C(=O)c2cccnn2)CC1. The van der Waals surface area contributed by atoms with Gasteiger partial charge < -0.3 is 10.6 Å². The molecule has 1 atom stereocenters. The highest BCUT2D eigenvalue weighted by atomic mass is 35.5. The standard InChI is InChI=1S/C22H29ClN4O/c23-18-4-1-3-17(13-18)22(15-24)10-8-19(9-11-22)27(14-16-6-7-16)21(28)20-5-2-12-25-26-20/h1-5,12,16-17,19H,6-11,13-15,24H2/t17?,19-,22+. The fourth-order valence-electron chi connectivity index (χ4n) is 4.82. The highest BCUT2D eigenvalue weighted by Gasteiger charge is 2.43.